The van der Waals surface area contributed by atoms with Crippen molar-refractivity contribution < 1.29 is 9.47 Å². The van der Waals surface area contributed by atoms with E-state index in [-0.39, 0.29) is 5.60 Å². The van der Waals surface area contributed by atoms with Gasteiger partial charge in [0.05, 0.1) is 13.2 Å². The first kappa shape index (κ1) is 8.48. The molecule has 1 unspecified atom stereocenters. The third-order valence-corrected chi connectivity index (χ3v) is 2.72. The molecule has 3 nitrogen and oxygen atoms in total. The Balaban J connectivity index is 1.85. The molecule has 0 aromatic carbocycles. The van der Waals surface area contributed by atoms with Crippen molar-refractivity contribution in [3.8, 4) is 0 Å². The molecule has 2 aliphatic heterocycles. The van der Waals surface area contributed by atoms with Crippen molar-refractivity contribution in [2.45, 2.75) is 31.4 Å². The highest BCUT2D eigenvalue weighted by Gasteiger charge is 2.43. The molecule has 0 bridgehead atoms. The Hall–Kier alpha value is -0.120. The van der Waals surface area contributed by atoms with Gasteiger partial charge >= 0.3 is 0 Å². The summed E-state index contributed by atoms with van der Waals surface area (Å²) in [5.74, 6) is 0. The fourth-order valence-electron chi connectivity index (χ4n) is 2.02. The fraction of sp³-hybridized carbons (Fsp3) is 1.00. The van der Waals surface area contributed by atoms with Gasteiger partial charge in [-0.25, -0.2) is 0 Å². The van der Waals surface area contributed by atoms with Gasteiger partial charge in [-0.3, -0.25) is 0 Å². The van der Waals surface area contributed by atoms with E-state index >= 15 is 0 Å². The smallest absolute Gasteiger partial charge is 0.116 e. The summed E-state index contributed by atoms with van der Waals surface area (Å²) in [4.78, 5) is 0. The predicted octanol–water partition coefficient (Wildman–Crippen LogP) is 0.544. The summed E-state index contributed by atoms with van der Waals surface area (Å²) in [5.41, 5.74) is 0.0884. The van der Waals surface area contributed by atoms with Crippen LogP contribution in [0.1, 0.15) is 19.8 Å². The Morgan fingerprint density at radius 3 is 2.92 bits per heavy atom. The molecule has 1 spiro atoms. The summed E-state index contributed by atoms with van der Waals surface area (Å²) in [7, 11) is 0. The molecule has 0 aromatic heterocycles. The quantitative estimate of drug-likeness (QED) is 0.658. The minimum Gasteiger partial charge on any atom is -0.375 e. The second-order valence-electron chi connectivity index (χ2n) is 3.77. The van der Waals surface area contributed by atoms with E-state index in [1.807, 2.05) is 0 Å². The maximum Gasteiger partial charge on any atom is 0.116 e. The molecule has 3 heteroatoms. The van der Waals surface area contributed by atoms with Crippen molar-refractivity contribution in [1.29, 1.82) is 0 Å². The van der Waals surface area contributed by atoms with Crippen LogP contribution in [0.3, 0.4) is 0 Å². The molecule has 2 fully saturated rings. The van der Waals surface area contributed by atoms with E-state index in [0.717, 1.165) is 39.2 Å². The summed E-state index contributed by atoms with van der Waals surface area (Å²) in [6, 6.07) is 0.646. The zero-order chi connectivity index (χ0) is 8.44. The molecule has 2 rings (SSSR count). The molecule has 0 radical (unpaired) electrons. The predicted molar refractivity (Wildman–Crippen MR) is 46.2 cm³/mol. The summed E-state index contributed by atoms with van der Waals surface area (Å²) in [6.07, 6.45) is 2.27. The van der Waals surface area contributed by atoms with Crippen LogP contribution in [0.5, 0.6) is 0 Å². The standard InChI is InChI=1S/C9H17NO2/c1-2-10-8-3-4-12-9(5-8)6-11-7-9/h8,10H,2-7H2,1H3. The van der Waals surface area contributed by atoms with Gasteiger partial charge in [0.2, 0.25) is 0 Å². The lowest BCUT2D eigenvalue weighted by atomic mass is 9.89. The largest absolute Gasteiger partial charge is 0.375 e. The van der Waals surface area contributed by atoms with Crippen molar-refractivity contribution in [1.82, 2.24) is 5.32 Å². The molecule has 0 aliphatic carbocycles. The maximum absolute atomic E-state index is 5.71. The number of hydrogen-bond donors (Lipinski definition) is 1. The highest BCUT2D eigenvalue weighted by atomic mass is 16.6. The van der Waals surface area contributed by atoms with Crippen LogP contribution in [0.25, 0.3) is 0 Å². The van der Waals surface area contributed by atoms with Crippen LogP contribution >= 0.6 is 0 Å². The topological polar surface area (TPSA) is 30.5 Å². The van der Waals surface area contributed by atoms with Crippen LogP contribution in [0.4, 0.5) is 0 Å². The molecule has 0 aromatic rings. The normalized spacial score (nSPS) is 33.2. The monoisotopic (exact) mass is 171 g/mol. The average molecular weight is 171 g/mol. The zero-order valence-electron chi connectivity index (χ0n) is 7.64. The van der Waals surface area contributed by atoms with Crippen LogP contribution in [0.2, 0.25) is 0 Å². The molecule has 12 heavy (non-hydrogen) atoms. The van der Waals surface area contributed by atoms with E-state index < -0.39 is 0 Å². The van der Waals surface area contributed by atoms with Gasteiger partial charge in [0.25, 0.3) is 0 Å². The van der Waals surface area contributed by atoms with Gasteiger partial charge in [0.15, 0.2) is 0 Å². The first-order valence-corrected chi connectivity index (χ1v) is 4.80. The third-order valence-electron chi connectivity index (χ3n) is 2.72. The first-order valence-electron chi connectivity index (χ1n) is 4.80. The van der Waals surface area contributed by atoms with Gasteiger partial charge in [-0.05, 0) is 19.4 Å². The SMILES string of the molecule is CCNC1CCOC2(COC2)C1. The molecular formula is C9H17NO2. The highest BCUT2D eigenvalue weighted by Crippen LogP contribution is 2.31. The van der Waals surface area contributed by atoms with E-state index in [1.54, 1.807) is 0 Å². The van der Waals surface area contributed by atoms with Gasteiger partial charge in [-0.2, -0.15) is 0 Å². The van der Waals surface area contributed by atoms with E-state index in [9.17, 15) is 0 Å². The summed E-state index contributed by atoms with van der Waals surface area (Å²) >= 11 is 0. The summed E-state index contributed by atoms with van der Waals surface area (Å²) in [5, 5.41) is 3.47. The molecule has 2 saturated heterocycles. The Labute approximate surface area is 73.4 Å². The van der Waals surface area contributed by atoms with Gasteiger partial charge in [-0.1, -0.05) is 6.92 Å². The van der Waals surface area contributed by atoms with Crippen LogP contribution in [0, 0.1) is 0 Å². The summed E-state index contributed by atoms with van der Waals surface area (Å²) in [6.45, 7) is 5.70. The molecule has 2 aliphatic rings. The Kier molecular flexibility index (Phi) is 2.35. The molecule has 0 saturated carbocycles. The van der Waals surface area contributed by atoms with Crippen molar-refractivity contribution in [3.63, 3.8) is 0 Å². The Morgan fingerprint density at radius 1 is 1.50 bits per heavy atom. The van der Waals surface area contributed by atoms with Crippen molar-refractivity contribution in [2.75, 3.05) is 26.4 Å². The van der Waals surface area contributed by atoms with Gasteiger partial charge in [0.1, 0.15) is 5.60 Å². The molecule has 0 amide bonds. The third kappa shape index (κ3) is 1.49. The van der Waals surface area contributed by atoms with Crippen LogP contribution in [-0.2, 0) is 9.47 Å². The minimum absolute atomic E-state index is 0.0884. The Bertz CT molecular complexity index is 155. The van der Waals surface area contributed by atoms with Gasteiger partial charge in [-0.15, -0.1) is 0 Å². The van der Waals surface area contributed by atoms with Gasteiger partial charge in [0, 0.05) is 12.6 Å². The molecule has 2 heterocycles. The van der Waals surface area contributed by atoms with E-state index in [0.29, 0.717) is 6.04 Å². The van der Waals surface area contributed by atoms with Crippen molar-refractivity contribution in [3.05, 3.63) is 0 Å². The zero-order valence-corrected chi connectivity index (χ0v) is 7.64. The van der Waals surface area contributed by atoms with Crippen LogP contribution in [0.15, 0.2) is 0 Å². The van der Waals surface area contributed by atoms with Crippen molar-refractivity contribution >= 4 is 0 Å². The second kappa shape index (κ2) is 3.32. The summed E-state index contributed by atoms with van der Waals surface area (Å²) < 4.78 is 10.9. The van der Waals surface area contributed by atoms with Crippen molar-refractivity contribution in [2.24, 2.45) is 0 Å². The van der Waals surface area contributed by atoms with E-state index in [2.05, 4.69) is 12.2 Å². The Morgan fingerprint density at radius 2 is 2.33 bits per heavy atom. The van der Waals surface area contributed by atoms with E-state index in [4.69, 9.17) is 9.47 Å². The van der Waals surface area contributed by atoms with E-state index in [1.165, 1.54) is 0 Å². The lowest BCUT2D eigenvalue weighted by Gasteiger charge is -2.46. The fourth-order valence-corrected chi connectivity index (χ4v) is 2.02. The lowest BCUT2D eigenvalue weighted by molar-refractivity contribution is -0.230. The molecule has 1 N–H and O–H groups in total. The highest BCUT2D eigenvalue weighted by molar-refractivity contribution is 4.94. The lowest BCUT2D eigenvalue weighted by Crippen LogP contribution is -2.58. The molecular weight excluding hydrogens is 154 g/mol. The molecule has 70 valence electrons. The van der Waals surface area contributed by atoms with Crippen LogP contribution < -0.4 is 5.32 Å². The number of nitrogens with one attached hydrogen (secondary N) is 1. The minimum atomic E-state index is 0.0884. The maximum atomic E-state index is 5.71. The second-order valence-corrected chi connectivity index (χ2v) is 3.77. The average Bonchev–Trinajstić information content (AvgIpc) is 2.03. The first-order chi connectivity index (χ1) is 5.85. The molecule has 1 atom stereocenters. The number of hydrogen-bond acceptors (Lipinski definition) is 3. The number of ether oxygens (including phenoxy) is 2. The number of rotatable bonds is 2. The van der Waals surface area contributed by atoms with Crippen LogP contribution in [-0.4, -0.2) is 38.0 Å². The van der Waals surface area contributed by atoms with Gasteiger partial charge < -0.3 is 14.8 Å².